The number of hydrogen-bond donors (Lipinski definition) is 0. The Morgan fingerprint density at radius 2 is 1.86 bits per heavy atom. The highest BCUT2D eigenvalue weighted by atomic mass is 32.2. The normalized spacial score (nSPS) is 11.3. The number of rotatable bonds is 4. The van der Waals surface area contributed by atoms with Crippen molar-refractivity contribution in [1.82, 2.24) is 0 Å². The summed E-state index contributed by atoms with van der Waals surface area (Å²) in [7, 11) is -2.91. The second-order valence-electron chi connectivity index (χ2n) is 2.48. The monoisotopic (exact) mass is 217 g/mol. The summed E-state index contributed by atoms with van der Waals surface area (Å²) < 4.78 is 41.3. The lowest BCUT2D eigenvalue weighted by molar-refractivity contribution is 0.0511. The van der Waals surface area contributed by atoms with E-state index in [0.717, 1.165) is 0 Å². The third-order valence-corrected chi connectivity index (χ3v) is 2.31. The minimum absolute atomic E-state index is 0.0729. The lowest BCUT2D eigenvalue weighted by atomic mass is 10.3. The fourth-order valence-corrected chi connectivity index (χ4v) is 1.30. The van der Waals surface area contributed by atoms with Crippen molar-refractivity contribution in [2.24, 2.45) is 0 Å². The standard InChI is InChI=1S/C8H10O5S/c1-12-6-13-7-2-4-8(5-3-7)14(9,10)11/h2-5H,6H2,1H3,(H,9,10,11)/p-1. The molecule has 1 aromatic carbocycles. The highest BCUT2D eigenvalue weighted by Gasteiger charge is 2.00. The van der Waals surface area contributed by atoms with E-state index < -0.39 is 10.1 Å². The van der Waals surface area contributed by atoms with Crippen molar-refractivity contribution in [3.05, 3.63) is 24.3 Å². The second kappa shape index (κ2) is 4.41. The Morgan fingerprint density at radius 3 is 2.29 bits per heavy atom. The van der Waals surface area contributed by atoms with Crippen LogP contribution in [-0.4, -0.2) is 26.9 Å². The van der Waals surface area contributed by atoms with Crippen molar-refractivity contribution >= 4 is 10.1 Å². The Kier molecular flexibility index (Phi) is 3.45. The van der Waals surface area contributed by atoms with Crippen LogP contribution < -0.4 is 4.74 Å². The molecule has 0 aliphatic heterocycles. The topological polar surface area (TPSA) is 75.7 Å². The minimum atomic E-state index is -4.38. The van der Waals surface area contributed by atoms with Gasteiger partial charge < -0.3 is 14.0 Å². The van der Waals surface area contributed by atoms with Gasteiger partial charge in [-0.2, -0.15) is 0 Å². The van der Waals surface area contributed by atoms with Crippen LogP contribution in [0.5, 0.6) is 5.75 Å². The van der Waals surface area contributed by atoms with Crippen LogP contribution in [0.3, 0.4) is 0 Å². The van der Waals surface area contributed by atoms with Gasteiger partial charge in [0.2, 0.25) is 0 Å². The zero-order valence-electron chi connectivity index (χ0n) is 7.47. The van der Waals surface area contributed by atoms with Crippen LogP contribution in [0.4, 0.5) is 0 Å². The van der Waals surface area contributed by atoms with Crippen molar-refractivity contribution in [3.8, 4) is 5.75 Å². The van der Waals surface area contributed by atoms with Gasteiger partial charge in [-0.25, -0.2) is 8.42 Å². The zero-order chi connectivity index (χ0) is 10.6. The molecule has 0 radical (unpaired) electrons. The summed E-state index contributed by atoms with van der Waals surface area (Å²) in [6.07, 6.45) is 0. The summed E-state index contributed by atoms with van der Waals surface area (Å²) in [6, 6.07) is 5.16. The zero-order valence-corrected chi connectivity index (χ0v) is 8.28. The first-order valence-corrected chi connectivity index (χ1v) is 5.12. The fraction of sp³-hybridized carbons (Fsp3) is 0.250. The highest BCUT2D eigenvalue weighted by molar-refractivity contribution is 7.85. The molecule has 5 nitrogen and oxygen atoms in total. The van der Waals surface area contributed by atoms with Gasteiger partial charge in [0.15, 0.2) is 6.79 Å². The molecule has 6 heteroatoms. The van der Waals surface area contributed by atoms with E-state index in [4.69, 9.17) is 4.74 Å². The molecule has 0 unspecified atom stereocenters. The van der Waals surface area contributed by atoms with Crippen LogP contribution in [0.2, 0.25) is 0 Å². The number of benzene rings is 1. The minimum Gasteiger partial charge on any atom is -0.744 e. The molecule has 0 saturated carbocycles. The van der Waals surface area contributed by atoms with Crippen LogP contribution in [-0.2, 0) is 14.9 Å². The van der Waals surface area contributed by atoms with E-state index in [2.05, 4.69) is 4.74 Å². The molecule has 0 aliphatic carbocycles. The van der Waals surface area contributed by atoms with Gasteiger partial charge in [0, 0.05) is 7.11 Å². The van der Waals surface area contributed by atoms with Gasteiger partial charge in [-0.3, -0.25) is 0 Å². The lowest BCUT2D eigenvalue weighted by Gasteiger charge is -2.08. The summed E-state index contributed by atoms with van der Waals surface area (Å²) in [5, 5.41) is 0. The van der Waals surface area contributed by atoms with Gasteiger partial charge >= 0.3 is 0 Å². The predicted octanol–water partition coefficient (Wildman–Crippen LogP) is 0.573. The maximum Gasteiger partial charge on any atom is 0.188 e. The summed E-state index contributed by atoms with van der Waals surface area (Å²) in [5.74, 6) is 0.444. The van der Waals surface area contributed by atoms with Crippen molar-refractivity contribution < 1.29 is 22.4 Å². The smallest absolute Gasteiger partial charge is 0.188 e. The first kappa shape index (κ1) is 11.0. The maximum absolute atomic E-state index is 10.5. The molecular formula is C8H9O5S-. The second-order valence-corrected chi connectivity index (χ2v) is 3.86. The third-order valence-electron chi connectivity index (χ3n) is 1.46. The molecule has 14 heavy (non-hydrogen) atoms. The van der Waals surface area contributed by atoms with Gasteiger partial charge in [-0.15, -0.1) is 0 Å². The molecular weight excluding hydrogens is 208 g/mol. The average molecular weight is 217 g/mol. The summed E-state index contributed by atoms with van der Waals surface area (Å²) in [5.41, 5.74) is 0. The van der Waals surface area contributed by atoms with Gasteiger partial charge in [-0.05, 0) is 24.3 Å². The van der Waals surface area contributed by atoms with Crippen molar-refractivity contribution in [2.75, 3.05) is 13.9 Å². The van der Waals surface area contributed by atoms with Crippen LogP contribution in [0.1, 0.15) is 0 Å². The summed E-state index contributed by atoms with van der Waals surface area (Å²) >= 11 is 0. The first-order chi connectivity index (χ1) is 6.54. The van der Waals surface area contributed by atoms with Crippen LogP contribution in [0.25, 0.3) is 0 Å². The molecule has 0 spiro atoms. The number of ether oxygens (including phenoxy) is 2. The van der Waals surface area contributed by atoms with E-state index in [9.17, 15) is 13.0 Å². The Labute approximate surface area is 82.0 Å². The van der Waals surface area contributed by atoms with E-state index in [1.54, 1.807) is 0 Å². The van der Waals surface area contributed by atoms with E-state index in [1.165, 1.54) is 31.4 Å². The van der Waals surface area contributed by atoms with Crippen molar-refractivity contribution in [2.45, 2.75) is 4.90 Å². The van der Waals surface area contributed by atoms with Gasteiger partial charge in [0.1, 0.15) is 15.9 Å². The van der Waals surface area contributed by atoms with Gasteiger partial charge in [0.05, 0.1) is 4.90 Å². The van der Waals surface area contributed by atoms with Crippen LogP contribution in [0, 0.1) is 0 Å². The average Bonchev–Trinajstić information content (AvgIpc) is 2.14. The molecule has 0 heterocycles. The van der Waals surface area contributed by atoms with Crippen LogP contribution >= 0.6 is 0 Å². The number of hydrogen-bond acceptors (Lipinski definition) is 5. The van der Waals surface area contributed by atoms with Gasteiger partial charge in [-0.1, -0.05) is 0 Å². The molecule has 0 N–H and O–H groups in total. The molecule has 1 rings (SSSR count). The quantitative estimate of drug-likeness (QED) is 0.544. The third kappa shape index (κ3) is 2.99. The number of methoxy groups -OCH3 is 1. The molecule has 0 aliphatic rings. The molecule has 0 bridgehead atoms. The SMILES string of the molecule is COCOc1ccc(S(=O)(=O)[O-])cc1. The first-order valence-electron chi connectivity index (χ1n) is 3.72. The summed E-state index contributed by atoms with van der Waals surface area (Å²) in [4.78, 5) is -0.276. The Hall–Kier alpha value is -1.11. The Balaban J connectivity index is 2.79. The van der Waals surface area contributed by atoms with E-state index in [1.807, 2.05) is 0 Å². The molecule has 1 aromatic rings. The van der Waals surface area contributed by atoms with Crippen LogP contribution in [0.15, 0.2) is 29.2 Å². The highest BCUT2D eigenvalue weighted by Crippen LogP contribution is 2.15. The molecule has 0 saturated heterocycles. The van der Waals surface area contributed by atoms with E-state index in [-0.39, 0.29) is 11.7 Å². The molecule has 78 valence electrons. The summed E-state index contributed by atoms with van der Waals surface area (Å²) in [6.45, 7) is 0.0729. The van der Waals surface area contributed by atoms with E-state index in [0.29, 0.717) is 5.75 Å². The molecule has 0 fully saturated rings. The predicted molar refractivity (Wildman–Crippen MR) is 46.9 cm³/mol. The Bertz CT molecular complexity index is 381. The fourth-order valence-electron chi connectivity index (χ4n) is 0.830. The maximum atomic E-state index is 10.5. The van der Waals surface area contributed by atoms with Crippen molar-refractivity contribution in [3.63, 3.8) is 0 Å². The largest absolute Gasteiger partial charge is 0.744 e. The van der Waals surface area contributed by atoms with E-state index >= 15 is 0 Å². The Morgan fingerprint density at radius 1 is 1.29 bits per heavy atom. The lowest BCUT2D eigenvalue weighted by Crippen LogP contribution is -2.00. The van der Waals surface area contributed by atoms with Crippen molar-refractivity contribution in [1.29, 1.82) is 0 Å². The molecule has 0 amide bonds. The van der Waals surface area contributed by atoms with Gasteiger partial charge in [0.25, 0.3) is 0 Å². The molecule has 0 atom stereocenters. The molecule has 0 aromatic heterocycles.